The summed E-state index contributed by atoms with van der Waals surface area (Å²) in [5.74, 6) is -24.2. The molecule has 0 saturated heterocycles. The van der Waals surface area contributed by atoms with E-state index in [-0.39, 0.29) is 28.0 Å². The molecule has 0 spiro atoms. The van der Waals surface area contributed by atoms with Gasteiger partial charge in [0.25, 0.3) is 0 Å². The molecule has 0 saturated carbocycles. The lowest BCUT2D eigenvalue weighted by atomic mass is 9.73. The zero-order chi connectivity index (χ0) is 60.9. The Kier molecular flexibility index (Phi) is 13.3. The second-order valence-electron chi connectivity index (χ2n) is 20.1. The van der Waals surface area contributed by atoms with Crippen molar-refractivity contribution < 1.29 is 130 Å². The van der Waals surface area contributed by atoms with Crippen LogP contribution < -0.4 is 14.2 Å². The molecule has 26 heteroatoms. The van der Waals surface area contributed by atoms with Gasteiger partial charge in [0, 0.05) is 69.6 Å². The van der Waals surface area contributed by atoms with Gasteiger partial charge in [-0.15, -0.1) is 0 Å². The maximum Gasteiger partial charge on any atom is 0.338 e. The van der Waals surface area contributed by atoms with Crippen LogP contribution in [0, 0.1) is 0 Å². The van der Waals surface area contributed by atoms with E-state index in [1.54, 1.807) is 0 Å². The Morgan fingerprint density at radius 3 is 1.22 bits per heavy atom. The lowest BCUT2D eigenvalue weighted by Gasteiger charge is -2.44. The predicted octanol–water partition coefficient (Wildman–Crippen LogP) is 6.41. The first-order valence-corrected chi connectivity index (χ1v) is 25.2. The van der Waals surface area contributed by atoms with Gasteiger partial charge in [0.15, 0.2) is 93.4 Å². The molecule has 85 heavy (non-hydrogen) atoms. The molecule has 0 aromatic heterocycles. The van der Waals surface area contributed by atoms with E-state index >= 15 is 0 Å². The van der Waals surface area contributed by atoms with Crippen LogP contribution in [0.4, 0.5) is 0 Å². The summed E-state index contributed by atoms with van der Waals surface area (Å²) in [5, 5.41) is 210. The lowest BCUT2D eigenvalue weighted by molar-refractivity contribution is -0.0335. The number of aromatic hydroxyl groups is 18. The van der Waals surface area contributed by atoms with Crippen LogP contribution in [-0.2, 0) is 15.9 Å². The molecule has 0 bridgehead atoms. The molecule has 0 fully saturated rings. The van der Waals surface area contributed by atoms with Crippen LogP contribution in [0.3, 0.4) is 0 Å². The minimum Gasteiger partial charge on any atom is -0.508 e. The minimum atomic E-state index is -2.16. The smallest absolute Gasteiger partial charge is 0.338 e. The van der Waals surface area contributed by atoms with Gasteiger partial charge >= 0.3 is 11.9 Å². The van der Waals surface area contributed by atoms with E-state index < -0.39 is 215 Å². The number of carbonyl (C=O) groups is 2. The van der Waals surface area contributed by atoms with Crippen LogP contribution in [0.5, 0.6) is 121 Å². The fourth-order valence-electron chi connectivity index (χ4n) is 11.0. The highest BCUT2D eigenvalue weighted by atomic mass is 16.6. The molecular formula is C59H46O26. The highest BCUT2D eigenvalue weighted by Crippen LogP contribution is 2.63. The van der Waals surface area contributed by atoms with E-state index in [1.807, 2.05) is 0 Å². The van der Waals surface area contributed by atoms with Crippen molar-refractivity contribution in [2.45, 2.75) is 54.9 Å². The number of carbonyl (C=O) groups excluding carboxylic acids is 2. The topological polar surface area (TPSA) is 465 Å². The third-order valence-corrected chi connectivity index (χ3v) is 14.9. The van der Waals surface area contributed by atoms with Crippen molar-refractivity contribution in [1.82, 2.24) is 0 Å². The molecular weight excluding hydrogens is 1120 g/mol. The Labute approximate surface area is 475 Å². The number of aliphatic hydroxyl groups excluding tert-OH is 1. The van der Waals surface area contributed by atoms with Gasteiger partial charge in [-0.1, -0.05) is 18.2 Å². The summed E-state index contributed by atoms with van der Waals surface area (Å²) in [6, 6.07) is 15.8. The van der Waals surface area contributed by atoms with Crippen molar-refractivity contribution in [3.05, 3.63) is 159 Å². The maximum absolute atomic E-state index is 14.6. The standard InChI is InChI=1S/C59H46O26/c60-24-14-32(67)43-42(15-24)82-53(20-2-5-27(62)30(65)8-20)56(84-58(79)22-10-36(71)50(77)37(72)11-22)47(43)45-33(68)17-34(69)46-48(44-35(70)18-41-25(49(44)76)16-40(75)52(81-41)19-1-4-26(61)29(64)7-19)57(85-59(80)23-12-38(73)51(78)39(74)13-23)54(83-55(45)46)21-3-6-28(63)31(66)9-21/h1-15,17-18,40,47-48,52-54,56-57,60-78H,16H2/t40-,47+,48-,52+,53+,54+,56+,57+/m0/s1. The quantitative estimate of drug-likeness (QED) is 0.0548. The normalized spacial score (nSPS) is 20.3. The van der Waals surface area contributed by atoms with Crippen molar-refractivity contribution in [2.24, 2.45) is 0 Å². The molecule has 3 aliphatic rings. The van der Waals surface area contributed by atoms with Gasteiger partial charge in [-0.05, 0) is 66.2 Å². The second-order valence-corrected chi connectivity index (χ2v) is 20.1. The highest BCUT2D eigenvalue weighted by molar-refractivity contribution is 5.92. The van der Waals surface area contributed by atoms with Gasteiger partial charge in [-0.25, -0.2) is 9.59 Å². The lowest BCUT2D eigenvalue weighted by Crippen LogP contribution is -2.41. The summed E-state index contributed by atoms with van der Waals surface area (Å²) >= 11 is 0. The Morgan fingerprint density at radius 2 is 0.765 bits per heavy atom. The SMILES string of the molecule is O=C(O[C@@H]1[C@@H](c2c(O)cc(O)c3c2O[C@H](c2ccc(O)c(O)c2)[C@H](OC(=O)c2cc(O)c(O)c(O)c2)[C@H]3c2c(O)cc3c(c2O)C[C@H](O)[C@@H](c2ccc(O)c(O)c2)O3)c2c(O)cc(O)cc2O[C@@H]1c1ccc(O)c(O)c1)c1cc(O)c(O)c(O)c1. The van der Waals surface area contributed by atoms with E-state index in [2.05, 4.69) is 0 Å². The Morgan fingerprint density at radius 1 is 0.365 bits per heavy atom. The van der Waals surface area contributed by atoms with E-state index in [1.165, 1.54) is 12.1 Å². The molecule has 0 unspecified atom stereocenters. The maximum atomic E-state index is 14.6. The summed E-state index contributed by atoms with van der Waals surface area (Å²) in [5.41, 5.74) is -4.35. The molecule has 11 rings (SSSR count). The van der Waals surface area contributed by atoms with Gasteiger partial charge in [-0.3, -0.25) is 0 Å². The molecule has 0 aliphatic carbocycles. The van der Waals surface area contributed by atoms with Gasteiger partial charge in [0.05, 0.1) is 29.1 Å². The summed E-state index contributed by atoms with van der Waals surface area (Å²) in [6.07, 6.45) is -11.5. The summed E-state index contributed by atoms with van der Waals surface area (Å²) in [4.78, 5) is 29.1. The van der Waals surface area contributed by atoms with E-state index in [4.69, 9.17) is 23.7 Å². The van der Waals surface area contributed by atoms with E-state index in [9.17, 15) is 107 Å². The molecule has 0 radical (unpaired) electrons. The second kappa shape index (κ2) is 20.5. The molecule has 438 valence electrons. The predicted molar refractivity (Wildman–Crippen MR) is 283 cm³/mol. The molecule has 3 heterocycles. The fraction of sp³-hybridized carbons (Fsp3) is 0.153. The number of benzene rings is 8. The molecule has 0 amide bonds. The number of fused-ring (bicyclic) bond motifs is 3. The number of esters is 2. The van der Waals surface area contributed by atoms with Crippen LogP contribution in [0.2, 0.25) is 0 Å². The van der Waals surface area contributed by atoms with E-state index in [0.29, 0.717) is 30.3 Å². The van der Waals surface area contributed by atoms with Crippen LogP contribution >= 0.6 is 0 Å². The van der Waals surface area contributed by atoms with Gasteiger partial charge in [0.2, 0.25) is 0 Å². The first kappa shape index (κ1) is 55.4. The molecule has 19 N–H and O–H groups in total. The van der Waals surface area contributed by atoms with Crippen molar-refractivity contribution >= 4 is 11.9 Å². The summed E-state index contributed by atoms with van der Waals surface area (Å²) in [6.45, 7) is 0. The fourth-order valence-corrected chi connectivity index (χ4v) is 11.0. The van der Waals surface area contributed by atoms with Crippen LogP contribution in [0.15, 0.2) is 103 Å². The third-order valence-electron chi connectivity index (χ3n) is 14.9. The third kappa shape index (κ3) is 9.42. The zero-order valence-electron chi connectivity index (χ0n) is 43.0. The van der Waals surface area contributed by atoms with Crippen LogP contribution in [-0.4, -0.2) is 127 Å². The number of ether oxygens (including phenoxy) is 5. The number of hydrogen-bond donors (Lipinski definition) is 19. The Balaban J connectivity index is 1.20. The average Bonchev–Trinajstić information content (AvgIpc) is 0.962. The summed E-state index contributed by atoms with van der Waals surface area (Å²) in [7, 11) is 0. The average molecular weight is 1170 g/mol. The van der Waals surface area contributed by atoms with Crippen LogP contribution in [0.25, 0.3) is 0 Å². The Bertz CT molecular complexity index is 4060. The number of phenolic OH excluding ortho intramolecular Hbond substituents is 18. The monoisotopic (exact) mass is 1170 g/mol. The molecule has 8 atom stereocenters. The Hall–Kier alpha value is -11.5. The van der Waals surface area contributed by atoms with Gasteiger partial charge < -0.3 is 121 Å². The molecule has 26 nitrogen and oxygen atoms in total. The van der Waals surface area contributed by atoms with Crippen molar-refractivity contribution in [1.29, 1.82) is 0 Å². The number of aliphatic hydroxyl groups is 1. The minimum absolute atomic E-state index is 0.120. The first-order chi connectivity index (χ1) is 40.3. The molecule has 8 aromatic rings. The first-order valence-electron chi connectivity index (χ1n) is 25.2. The van der Waals surface area contributed by atoms with Gasteiger partial charge in [-0.2, -0.15) is 0 Å². The molecule has 3 aliphatic heterocycles. The largest absolute Gasteiger partial charge is 0.508 e. The molecule has 8 aromatic carbocycles. The van der Waals surface area contributed by atoms with Gasteiger partial charge in [0.1, 0.15) is 57.8 Å². The van der Waals surface area contributed by atoms with Crippen molar-refractivity contribution in [2.75, 3.05) is 0 Å². The number of hydrogen-bond acceptors (Lipinski definition) is 26. The summed E-state index contributed by atoms with van der Waals surface area (Å²) < 4.78 is 31.6. The van der Waals surface area contributed by atoms with Crippen molar-refractivity contribution in [3.8, 4) is 121 Å². The number of rotatable bonds is 9. The zero-order valence-corrected chi connectivity index (χ0v) is 43.0. The highest BCUT2D eigenvalue weighted by Gasteiger charge is 2.53. The van der Waals surface area contributed by atoms with E-state index in [0.717, 1.165) is 60.7 Å². The number of phenols is 18. The van der Waals surface area contributed by atoms with Crippen LogP contribution in [0.1, 0.15) is 95.4 Å². The van der Waals surface area contributed by atoms with Crippen molar-refractivity contribution in [3.63, 3.8) is 0 Å².